The number of carbonyl (C=O) groups excluding carboxylic acids is 2. The van der Waals surface area contributed by atoms with Crippen LogP contribution >= 0.6 is 11.6 Å². The second-order valence-electron chi connectivity index (χ2n) is 5.94. The molecule has 1 unspecified atom stereocenters. The molecule has 2 aromatic rings. The summed E-state index contributed by atoms with van der Waals surface area (Å²) < 4.78 is 1.72. The Morgan fingerprint density at radius 1 is 1.42 bits per heavy atom. The third-order valence-electron chi connectivity index (χ3n) is 4.35. The lowest BCUT2D eigenvalue weighted by molar-refractivity contribution is -0.140. The lowest BCUT2D eigenvalue weighted by Gasteiger charge is -2.31. The van der Waals surface area contributed by atoms with Gasteiger partial charge in [-0.05, 0) is 38.0 Å². The monoisotopic (exact) mass is 346 g/mol. The Morgan fingerprint density at radius 3 is 2.96 bits per heavy atom. The maximum atomic E-state index is 12.5. The highest BCUT2D eigenvalue weighted by atomic mass is 35.5. The standard InChI is InChI=1S/C17H19ClN4O2/c1-11-14(10-19-22(11)13-6-3-5-12(18)9-13)20-17(24)15-7-4-8-16(23)21(15)2/h3,5-6,9-10,15H,4,7-8H2,1-2H3,(H,20,24). The van der Waals surface area contributed by atoms with Crippen molar-refractivity contribution in [3.8, 4) is 5.69 Å². The van der Waals surface area contributed by atoms with Gasteiger partial charge in [0.2, 0.25) is 11.8 Å². The van der Waals surface area contributed by atoms with Gasteiger partial charge >= 0.3 is 0 Å². The van der Waals surface area contributed by atoms with Crippen LogP contribution in [0.25, 0.3) is 5.69 Å². The number of rotatable bonds is 3. The predicted molar refractivity (Wildman–Crippen MR) is 92.3 cm³/mol. The molecule has 24 heavy (non-hydrogen) atoms. The SMILES string of the molecule is Cc1c(NC(=O)C2CCCC(=O)N2C)cnn1-c1cccc(Cl)c1. The van der Waals surface area contributed by atoms with Crippen molar-refractivity contribution in [2.45, 2.75) is 32.2 Å². The molecule has 2 amide bonds. The molecule has 0 saturated carbocycles. The Balaban J connectivity index is 1.79. The quantitative estimate of drug-likeness (QED) is 0.929. The molecule has 7 heteroatoms. The van der Waals surface area contributed by atoms with Gasteiger partial charge in [-0.25, -0.2) is 4.68 Å². The van der Waals surface area contributed by atoms with E-state index in [9.17, 15) is 9.59 Å². The molecule has 2 heterocycles. The summed E-state index contributed by atoms with van der Waals surface area (Å²) in [5, 5.41) is 7.83. The van der Waals surface area contributed by atoms with E-state index in [-0.39, 0.29) is 11.8 Å². The van der Waals surface area contributed by atoms with E-state index in [4.69, 9.17) is 11.6 Å². The highest BCUT2D eigenvalue weighted by Crippen LogP contribution is 2.22. The molecule has 1 fully saturated rings. The van der Waals surface area contributed by atoms with Gasteiger partial charge in [-0.15, -0.1) is 0 Å². The smallest absolute Gasteiger partial charge is 0.247 e. The van der Waals surface area contributed by atoms with Crippen LogP contribution in [0.5, 0.6) is 0 Å². The van der Waals surface area contributed by atoms with Gasteiger partial charge in [0.1, 0.15) is 6.04 Å². The zero-order chi connectivity index (χ0) is 17.3. The molecular formula is C17H19ClN4O2. The number of hydrogen-bond acceptors (Lipinski definition) is 3. The lowest BCUT2D eigenvalue weighted by Crippen LogP contribution is -2.47. The number of likely N-dealkylation sites (N-methyl/N-ethyl adjacent to an activating group) is 1. The summed E-state index contributed by atoms with van der Waals surface area (Å²) in [5.41, 5.74) is 2.26. The van der Waals surface area contributed by atoms with Crippen molar-refractivity contribution in [3.63, 3.8) is 0 Å². The zero-order valence-electron chi connectivity index (χ0n) is 13.6. The zero-order valence-corrected chi connectivity index (χ0v) is 14.4. The van der Waals surface area contributed by atoms with E-state index in [0.29, 0.717) is 23.6 Å². The topological polar surface area (TPSA) is 67.2 Å². The molecule has 3 rings (SSSR count). The average Bonchev–Trinajstić information content (AvgIpc) is 2.91. The van der Waals surface area contributed by atoms with Crippen LogP contribution in [-0.4, -0.2) is 39.6 Å². The molecule has 1 atom stereocenters. The Hall–Kier alpha value is -2.34. The number of amides is 2. The summed E-state index contributed by atoms with van der Waals surface area (Å²) >= 11 is 6.02. The fraction of sp³-hybridized carbons (Fsp3) is 0.353. The summed E-state index contributed by atoms with van der Waals surface area (Å²) in [6.07, 6.45) is 3.53. The average molecular weight is 347 g/mol. The van der Waals surface area contributed by atoms with Gasteiger partial charge < -0.3 is 10.2 Å². The molecule has 0 bridgehead atoms. The van der Waals surface area contributed by atoms with Crippen LogP contribution in [0.2, 0.25) is 5.02 Å². The molecule has 1 aliphatic rings. The number of nitrogens with one attached hydrogen (secondary N) is 1. The van der Waals surface area contributed by atoms with Crippen molar-refractivity contribution >= 4 is 29.1 Å². The number of carbonyl (C=O) groups is 2. The Kier molecular flexibility index (Phi) is 4.57. The number of piperidine rings is 1. The summed E-state index contributed by atoms with van der Waals surface area (Å²) in [5.74, 6) is -0.174. The second-order valence-corrected chi connectivity index (χ2v) is 6.37. The van der Waals surface area contributed by atoms with E-state index in [2.05, 4.69) is 10.4 Å². The number of hydrogen-bond donors (Lipinski definition) is 1. The minimum absolute atomic E-state index is 0.00717. The van der Waals surface area contributed by atoms with Gasteiger partial charge in [-0.1, -0.05) is 17.7 Å². The number of aromatic nitrogens is 2. The van der Waals surface area contributed by atoms with Crippen LogP contribution in [0.15, 0.2) is 30.5 Å². The summed E-state index contributed by atoms with van der Waals surface area (Å²) in [4.78, 5) is 25.8. The molecule has 1 aromatic heterocycles. The van der Waals surface area contributed by atoms with Crippen LogP contribution in [0.3, 0.4) is 0 Å². The normalized spacial score (nSPS) is 17.9. The number of likely N-dealkylation sites (tertiary alicyclic amines) is 1. The van der Waals surface area contributed by atoms with Gasteiger partial charge in [0.15, 0.2) is 0 Å². The summed E-state index contributed by atoms with van der Waals surface area (Å²) in [6, 6.07) is 6.91. The van der Waals surface area contributed by atoms with Crippen LogP contribution in [0, 0.1) is 6.92 Å². The van der Waals surface area contributed by atoms with E-state index in [1.165, 1.54) is 4.90 Å². The first-order chi connectivity index (χ1) is 11.5. The van der Waals surface area contributed by atoms with E-state index >= 15 is 0 Å². The first kappa shape index (κ1) is 16.5. The molecule has 0 spiro atoms. The lowest BCUT2D eigenvalue weighted by atomic mass is 10.0. The van der Waals surface area contributed by atoms with Gasteiger partial charge in [-0.3, -0.25) is 9.59 Å². The third kappa shape index (κ3) is 3.14. The van der Waals surface area contributed by atoms with Crippen LogP contribution in [0.4, 0.5) is 5.69 Å². The number of anilines is 1. The molecule has 1 N–H and O–H groups in total. The van der Waals surface area contributed by atoms with Gasteiger partial charge in [0.05, 0.1) is 23.3 Å². The molecule has 0 radical (unpaired) electrons. The molecule has 1 aromatic carbocycles. The summed E-state index contributed by atoms with van der Waals surface area (Å²) in [6.45, 7) is 1.87. The van der Waals surface area contributed by atoms with Crippen LogP contribution in [0.1, 0.15) is 25.0 Å². The van der Waals surface area contributed by atoms with Crippen molar-refractivity contribution in [1.82, 2.24) is 14.7 Å². The van der Waals surface area contributed by atoms with Gasteiger partial charge in [0, 0.05) is 18.5 Å². The highest BCUT2D eigenvalue weighted by molar-refractivity contribution is 6.30. The minimum Gasteiger partial charge on any atom is -0.334 e. The van der Waals surface area contributed by atoms with E-state index in [1.807, 2.05) is 19.1 Å². The minimum atomic E-state index is -0.430. The number of halogens is 1. The van der Waals surface area contributed by atoms with Crippen LogP contribution in [-0.2, 0) is 9.59 Å². The molecule has 0 aliphatic carbocycles. The van der Waals surface area contributed by atoms with Crippen molar-refractivity contribution in [1.29, 1.82) is 0 Å². The maximum Gasteiger partial charge on any atom is 0.247 e. The first-order valence-corrected chi connectivity index (χ1v) is 8.22. The van der Waals surface area contributed by atoms with Gasteiger partial charge in [-0.2, -0.15) is 5.10 Å². The molecule has 126 valence electrons. The van der Waals surface area contributed by atoms with E-state index in [1.54, 1.807) is 30.1 Å². The Labute approximate surface area is 145 Å². The molecule has 6 nitrogen and oxygen atoms in total. The largest absolute Gasteiger partial charge is 0.334 e. The number of benzene rings is 1. The third-order valence-corrected chi connectivity index (χ3v) is 4.59. The summed E-state index contributed by atoms with van der Waals surface area (Å²) in [7, 11) is 1.67. The van der Waals surface area contributed by atoms with E-state index < -0.39 is 6.04 Å². The molecular weight excluding hydrogens is 328 g/mol. The van der Waals surface area contributed by atoms with Crippen LogP contribution < -0.4 is 5.32 Å². The molecule has 1 aliphatic heterocycles. The Bertz CT molecular complexity index is 787. The first-order valence-electron chi connectivity index (χ1n) is 7.84. The highest BCUT2D eigenvalue weighted by Gasteiger charge is 2.30. The van der Waals surface area contributed by atoms with E-state index in [0.717, 1.165) is 17.8 Å². The van der Waals surface area contributed by atoms with Crippen molar-refractivity contribution in [2.24, 2.45) is 0 Å². The van der Waals surface area contributed by atoms with Gasteiger partial charge in [0.25, 0.3) is 0 Å². The fourth-order valence-electron chi connectivity index (χ4n) is 2.91. The van der Waals surface area contributed by atoms with Crippen molar-refractivity contribution in [3.05, 3.63) is 41.2 Å². The maximum absolute atomic E-state index is 12.5. The second kappa shape index (κ2) is 6.65. The fourth-order valence-corrected chi connectivity index (χ4v) is 3.10. The number of nitrogens with zero attached hydrogens (tertiary/aromatic N) is 3. The van der Waals surface area contributed by atoms with Crippen molar-refractivity contribution < 1.29 is 9.59 Å². The van der Waals surface area contributed by atoms with Crippen molar-refractivity contribution in [2.75, 3.05) is 12.4 Å². The Morgan fingerprint density at radius 2 is 2.21 bits per heavy atom. The predicted octanol–water partition coefficient (Wildman–Crippen LogP) is 2.78. The molecule has 1 saturated heterocycles.